The molecule has 0 radical (unpaired) electrons. The number of halogens is 2. The van der Waals surface area contributed by atoms with Gasteiger partial charge in [-0.2, -0.15) is 0 Å². The minimum atomic E-state index is -0.530. The zero-order valence-electron chi connectivity index (χ0n) is 15.4. The van der Waals surface area contributed by atoms with Crippen LogP contribution in [0.3, 0.4) is 0 Å². The molecule has 2 N–H and O–H groups in total. The number of hydrogen-bond acceptors (Lipinski definition) is 5. The average Bonchev–Trinajstić information content (AvgIpc) is 3.22. The predicted octanol–water partition coefficient (Wildman–Crippen LogP) is 4.41. The van der Waals surface area contributed by atoms with Crippen LogP contribution in [0.15, 0.2) is 53.0 Å². The average molecular weight is 479 g/mol. The molecule has 1 aromatic heterocycles. The molecule has 150 valence electrons. The highest BCUT2D eigenvalue weighted by Gasteiger charge is 2.16. The first-order chi connectivity index (χ1) is 13.9. The van der Waals surface area contributed by atoms with Gasteiger partial charge in [0.1, 0.15) is 21.8 Å². The quantitative estimate of drug-likeness (QED) is 0.532. The summed E-state index contributed by atoms with van der Waals surface area (Å²) in [6.45, 7) is 0. The Morgan fingerprint density at radius 3 is 2.10 bits per heavy atom. The third-order valence-corrected chi connectivity index (χ3v) is 5.87. The van der Waals surface area contributed by atoms with E-state index in [0.29, 0.717) is 20.8 Å². The highest BCUT2D eigenvalue weighted by molar-refractivity contribution is 9.10. The van der Waals surface area contributed by atoms with Crippen molar-refractivity contribution in [3.05, 3.63) is 69.3 Å². The van der Waals surface area contributed by atoms with Crippen molar-refractivity contribution in [2.75, 3.05) is 14.2 Å². The molecule has 6 nitrogen and oxygen atoms in total. The van der Waals surface area contributed by atoms with Gasteiger partial charge in [0.2, 0.25) is 0 Å². The molecule has 0 aliphatic heterocycles. The van der Waals surface area contributed by atoms with Crippen molar-refractivity contribution in [1.29, 1.82) is 0 Å². The number of methoxy groups -OCH3 is 2. The summed E-state index contributed by atoms with van der Waals surface area (Å²) in [5, 5.41) is 0. The topological polar surface area (TPSA) is 76.7 Å². The number of thiophene rings is 1. The van der Waals surface area contributed by atoms with Crippen LogP contribution in [-0.4, -0.2) is 26.0 Å². The fourth-order valence-corrected chi connectivity index (χ4v) is 3.94. The van der Waals surface area contributed by atoms with Crippen molar-refractivity contribution in [3.8, 4) is 21.9 Å². The summed E-state index contributed by atoms with van der Waals surface area (Å²) in [6.07, 6.45) is 0. The lowest BCUT2D eigenvalue weighted by Crippen LogP contribution is -2.41. The molecule has 3 rings (SSSR count). The maximum absolute atomic E-state index is 13.1. The van der Waals surface area contributed by atoms with Crippen LogP contribution in [0.1, 0.15) is 20.0 Å². The van der Waals surface area contributed by atoms with Crippen molar-refractivity contribution in [2.24, 2.45) is 0 Å². The summed E-state index contributed by atoms with van der Waals surface area (Å²) in [5.74, 6) is -0.483. The summed E-state index contributed by atoms with van der Waals surface area (Å²) in [7, 11) is 2.94. The van der Waals surface area contributed by atoms with Crippen LogP contribution >= 0.6 is 27.3 Å². The molecule has 0 bridgehead atoms. The second kappa shape index (κ2) is 9.06. The van der Waals surface area contributed by atoms with Gasteiger partial charge in [0.25, 0.3) is 11.8 Å². The van der Waals surface area contributed by atoms with Crippen molar-refractivity contribution in [2.45, 2.75) is 0 Å². The van der Waals surface area contributed by atoms with E-state index in [4.69, 9.17) is 9.47 Å². The number of rotatable bonds is 5. The van der Waals surface area contributed by atoms with Crippen LogP contribution in [0.25, 0.3) is 10.4 Å². The lowest BCUT2D eigenvalue weighted by atomic mass is 10.2. The van der Waals surface area contributed by atoms with Crippen LogP contribution < -0.4 is 20.3 Å². The van der Waals surface area contributed by atoms with Crippen LogP contribution in [0.2, 0.25) is 0 Å². The number of carbonyl (C=O) groups excluding carboxylic acids is 2. The van der Waals surface area contributed by atoms with E-state index < -0.39 is 11.8 Å². The van der Waals surface area contributed by atoms with Gasteiger partial charge in [-0.05, 0) is 57.9 Å². The summed E-state index contributed by atoms with van der Waals surface area (Å²) < 4.78 is 24.0. The second-order valence-corrected chi connectivity index (χ2v) is 7.65. The van der Waals surface area contributed by atoms with E-state index in [9.17, 15) is 14.0 Å². The van der Waals surface area contributed by atoms with Gasteiger partial charge in [0.05, 0.1) is 19.1 Å². The number of hydrogen-bond donors (Lipinski definition) is 2. The van der Waals surface area contributed by atoms with Gasteiger partial charge in [-0.25, -0.2) is 4.39 Å². The van der Waals surface area contributed by atoms with Crippen LogP contribution in [-0.2, 0) is 0 Å². The Labute approximate surface area is 178 Å². The summed E-state index contributed by atoms with van der Waals surface area (Å²) in [5.41, 5.74) is 5.80. The van der Waals surface area contributed by atoms with Gasteiger partial charge in [0, 0.05) is 10.4 Å². The Morgan fingerprint density at radius 2 is 1.52 bits per heavy atom. The molecule has 2 aromatic carbocycles. The Balaban J connectivity index is 1.68. The van der Waals surface area contributed by atoms with Gasteiger partial charge in [-0.3, -0.25) is 20.4 Å². The first-order valence-electron chi connectivity index (χ1n) is 8.31. The van der Waals surface area contributed by atoms with E-state index in [1.54, 1.807) is 24.3 Å². The number of hydrazine groups is 1. The zero-order valence-corrected chi connectivity index (χ0v) is 17.8. The summed E-state index contributed by atoms with van der Waals surface area (Å²) >= 11 is 4.56. The molecular weight excluding hydrogens is 463 g/mol. The van der Waals surface area contributed by atoms with E-state index in [0.717, 1.165) is 10.4 Å². The third kappa shape index (κ3) is 4.75. The van der Waals surface area contributed by atoms with Gasteiger partial charge in [0.15, 0.2) is 0 Å². The Bertz CT molecular complexity index is 1030. The molecular formula is C20H16BrFN2O4S. The molecule has 9 heteroatoms. The largest absolute Gasteiger partial charge is 0.495 e. The smallest absolute Gasteiger partial charge is 0.279 e. The molecule has 29 heavy (non-hydrogen) atoms. The number of nitrogens with one attached hydrogen (secondary N) is 2. The summed E-state index contributed by atoms with van der Waals surface area (Å²) in [6, 6.07) is 12.4. The number of carbonyl (C=O) groups is 2. The molecule has 0 spiro atoms. The summed E-state index contributed by atoms with van der Waals surface area (Å²) in [4.78, 5) is 26.0. The van der Waals surface area contributed by atoms with E-state index in [1.807, 2.05) is 0 Å². The molecule has 2 amide bonds. The van der Waals surface area contributed by atoms with Crippen LogP contribution in [0.5, 0.6) is 11.5 Å². The Kier molecular flexibility index (Phi) is 6.50. The van der Waals surface area contributed by atoms with Gasteiger partial charge in [-0.1, -0.05) is 12.1 Å². The van der Waals surface area contributed by atoms with E-state index in [1.165, 1.54) is 49.8 Å². The SMILES string of the molecule is COc1cc(C(=O)NNC(=O)c2ccc(-c3ccc(F)cc3)s2)cc(OC)c1Br. The zero-order chi connectivity index (χ0) is 21.0. The lowest BCUT2D eigenvalue weighted by Gasteiger charge is -2.12. The fraction of sp³-hybridized carbons (Fsp3) is 0.100. The number of amides is 2. The number of ether oxygens (including phenoxy) is 2. The van der Waals surface area contributed by atoms with Gasteiger partial charge >= 0.3 is 0 Å². The predicted molar refractivity (Wildman–Crippen MR) is 112 cm³/mol. The van der Waals surface area contributed by atoms with Gasteiger partial charge < -0.3 is 9.47 Å². The van der Waals surface area contributed by atoms with Gasteiger partial charge in [-0.15, -0.1) is 11.3 Å². The maximum Gasteiger partial charge on any atom is 0.279 e. The Hall–Kier alpha value is -2.91. The minimum Gasteiger partial charge on any atom is -0.495 e. The molecule has 0 saturated heterocycles. The highest BCUT2D eigenvalue weighted by atomic mass is 79.9. The van der Waals surface area contributed by atoms with Crippen LogP contribution in [0.4, 0.5) is 4.39 Å². The minimum absolute atomic E-state index is 0.250. The maximum atomic E-state index is 13.1. The van der Waals surface area contributed by atoms with Crippen molar-refractivity contribution >= 4 is 39.1 Å². The number of benzene rings is 2. The molecule has 0 aliphatic carbocycles. The second-order valence-electron chi connectivity index (χ2n) is 5.77. The molecule has 0 aliphatic rings. The monoisotopic (exact) mass is 478 g/mol. The first kappa shape index (κ1) is 20.8. The molecule has 0 atom stereocenters. The van der Waals surface area contributed by atoms with E-state index >= 15 is 0 Å². The molecule has 1 heterocycles. The van der Waals surface area contributed by atoms with E-state index in [-0.39, 0.29) is 11.4 Å². The molecule has 0 saturated carbocycles. The van der Waals surface area contributed by atoms with Crippen molar-refractivity contribution in [1.82, 2.24) is 10.9 Å². The third-order valence-electron chi connectivity index (χ3n) is 3.96. The van der Waals surface area contributed by atoms with Crippen LogP contribution in [0, 0.1) is 5.82 Å². The fourth-order valence-electron chi connectivity index (χ4n) is 2.48. The molecule has 3 aromatic rings. The van der Waals surface area contributed by atoms with Crippen molar-refractivity contribution < 1.29 is 23.5 Å². The lowest BCUT2D eigenvalue weighted by molar-refractivity contribution is 0.0848. The standard InChI is InChI=1S/C20H16BrFN2O4S/c1-27-14-9-12(10-15(28-2)18(14)21)19(25)23-24-20(26)17-8-7-16(29-17)11-3-5-13(22)6-4-11/h3-10H,1-2H3,(H,23,25)(H,24,26). The highest BCUT2D eigenvalue weighted by Crippen LogP contribution is 2.35. The first-order valence-corrected chi connectivity index (χ1v) is 9.92. The Morgan fingerprint density at radius 1 is 0.931 bits per heavy atom. The van der Waals surface area contributed by atoms with E-state index in [2.05, 4.69) is 26.8 Å². The normalized spacial score (nSPS) is 10.3. The van der Waals surface area contributed by atoms with Crippen molar-refractivity contribution in [3.63, 3.8) is 0 Å². The molecule has 0 unspecified atom stereocenters. The molecule has 0 fully saturated rings.